The van der Waals surface area contributed by atoms with Crippen LogP contribution in [0.4, 0.5) is 5.69 Å². The fourth-order valence-corrected chi connectivity index (χ4v) is 7.18. The van der Waals surface area contributed by atoms with E-state index in [2.05, 4.69) is 5.32 Å². The summed E-state index contributed by atoms with van der Waals surface area (Å²) >= 11 is 19.2. The van der Waals surface area contributed by atoms with Crippen LogP contribution in [0.1, 0.15) is 49.3 Å². The van der Waals surface area contributed by atoms with E-state index in [1.54, 1.807) is 56.3 Å². The van der Waals surface area contributed by atoms with Crippen molar-refractivity contribution in [3.05, 3.63) is 92.4 Å². The number of sulfonamides is 1. The van der Waals surface area contributed by atoms with Gasteiger partial charge < -0.3 is 10.2 Å². The quantitative estimate of drug-likeness (QED) is 0.258. The predicted octanol–water partition coefficient (Wildman–Crippen LogP) is 6.94. The fourth-order valence-electron chi connectivity index (χ4n) is 5.03. The summed E-state index contributed by atoms with van der Waals surface area (Å²) < 4.78 is 29.2. The van der Waals surface area contributed by atoms with Gasteiger partial charge in [-0.15, -0.1) is 0 Å². The van der Waals surface area contributed by atoms with E-state index < -0.39 is 28.5 Å². The summed E-state index contributed by atoms with van der Waals surface area (Å²) in [7, 11) is -4.22. The summed E-state index contributed by atoms with van der Waals surface area (Å²) in [4.78, 5) is 28.9. The van der Waals surface area contributed by atoms with Gasteiger partial charge in [-0.2, -0.15) is 0 Å². The van der Waals surface area contributed by atoms with Crippen LogP contribution in [-0.2, 0) is 26.2 Å². The molecule has 0 aliphatic heterocycles. The Morgan fingerprint density at radius 3 is 2.19 bits per heavy atom. The maximum absolute atomic E-state index is 14.2. The third-order valence-corrected chi connectivity index (χ3v) is 10.3. The molecule has 0 heterocycles. The molecule has 3 aromatic rings. The number of carbonyl (C=O) groups is 2. The Morgan fingerprint density at radius 2 is 1.57 bits per heavy atom. The van der Waals surface area contributed by atoms with Gasteiger partial charge in [0.05, 0.1) is 10.6 Å². The van der Waals surface area contributed by atoms with Crippen molar-refractivity contribution in [2.45, 2.75) is 70.0 Å². The van der Waals surface area contributed by atoms with Crippen molar-refractivity contribution in [2.75, 3.05) is 10.8 Å². The highest BCUT2D eigenvalue weighted by Gasteiger charge is 2.34. The molecule has 1 atom stereocenters. The van der Waals surface area contributed by atoms with Crippen molar-refractivity contribution in [2.24, 2.45) is 0 Å². The molecule has 224 valence electrons. The molecule has 1 aliphatic carbocycles. The summed E-state index contributed by atoms with van der Waals surface area (Å²) in [6.07, 6.45) is 3.81. The highest BCUT2D eigenvalue weighted by Crippen LogP contribution is 2.31. The van der Waals surface area contributed by atoms with Crippen LogP contribution in [0, 0.1) is 13.8 Å². The van der Waals surface area contributed by atoms with E-state index in [1.165, 1.54) is 23.1 Å². The molecule has 3 aromatic carbocycles. The predicted molar refractivity (Wildman–Crippen MR) is 169 cm³/mol. The average Bonchev–Trinajstić information content (AvgIpc) is 3.46. The molecule has 11 heteroatoms. The van der Waals surface area contributed by atoms with Crippen LogP contribution in [-0.4, -0.2) is 43.8 Å². The van der Waals surface area contributed by atoms with Crippen LogP contribution in [0.25, 0.3) is 0 Å². The second-order valence-corrected chi connectivity index (χ2v) is 13.8. The van der Waals surface area contributed by atoms with Crippen LogP contribution in [0.3, 0.4) is 0 Å². The lowest BCUT2D eigenvalue weighted by molar-refractivity contribution is -0.139. The Bertz CT molecular complexity index is 1540. The summed E-state index contributed by atoms with van der Waals surface area (Å²) in [5.74, 6) is -0.930. The first-order valence-electron chi connectivity index (χ1n) is 13.8. The molecule has 42 heavy (non-hydrogen) atoms. The van der Waals surface area contributed by atoms with Gasteiger partial charge >= 0.3 is 0 Å². The van der Waals surface area contributed by atoms with Gasteiger partial charge in [0.2, 0.25) is 11.8 Å². The Hall–Kier alpha value is -2.78. The minimum Gasteiger partial charge on any atom is -0.352 e. The third kappa shape index (κ3) is 7.40. The smallest absolute Gasteiger partial charge is 0.264 e. The third-order valence-electron chi connectivity index (χ3n) is 7.59. The van der Waals surface area contributed by atoms with Crippen molar-refractivity contribution in [1.82, 2.24) is 10.2 Å². The Balaban J connectivity index is 1.75. The molecule has 1 N–H and O–H groups in total. The van der Waals surface area contributed by atoms with Crippen molar-refractivity contribution >= 4 is 62.3 Å². The zero-order chi connectivity index (χ0) is 30.6. The first-order chi connectivity index (χ1) is 19.9. The Labute approximate surface area is 262 Å². The minimum atomic E-state index is -4.22. The molecule has 0 saturated heterocycles. The highest BCUT2D eigenvalue weighted by atomic mass is 35.5. The molecular formula is C31H34Cl3N3O4S. The normalized spacial score (nSPS) is 14.4. The van der Waals surface area contributed by atoms with Crippen LogP contribution in [0.5, 0.6) is 0 Å². The molecule has 1 fully saturated rings. The molecule has 0 radical (unpaired) electrons. The molecule has 2 amide bonds. The molecule has 0 bridgehead atoms. The first kappa shape index (κ1) is 32.1. The van der Waals surface area contributed by atoms with Gasteiger partial charge in [-0.25, -0.2) is 8.42 Å². The lowest BCUT2D eigenvalue weighted by Gasteiger charge is -2.33. The Kier molecular flexibility index (Phi) is 10.5. The number of halogens is 3. The van der Waals surface area contributed by atoms with Gasteiger partial charge in [0, 0.05) is 33.2 Å². The SMILES string of the molecule is Cc1ccc(S(=O)(=O)N(CC(=O)N(Cc2c(Cl)cccc2Cl)[C@H](C)C(=O)NC2CCCC2)c2cc(Cl)ccc2C)cc1. The number of amides is 2. The number of nitrogens with one attached hydrogen (secondary N) is 1. The van der Waals surface area contributed by atoms with Crippen LogP contribution >= 0.6 is 34.8 Å². The molecule has 1 saturated carbocycles. The molecule has 1 aliphatic rings. The van der Waals surface area contributed by atoms with Crippen molar-refractivity contribution in [3.63, 3.8) is 0 Å². The average molecular weight is 651 g/mol. The van der Waals surface area contributed by atoms with E-state index in [4.69, 9.17) is 34.8 Å². The van der Waals surface area contributed by atoms with Gasteiger partial charge in [-0.05, 0) is 75.6 Å². The van der Waals surface area contributed by atoms with Crippen LogP contribution in [0.15, 0.2) is 65.6 Å². The fraction of sp³-hybridized carbons (Fsp3) is 0.355. The number of carbonyl (C=O) groups excluding carboxylic acids is 2. The lowest BCUT2D eigenvalue weighted by atomic mass is 10.1. The largest absolute Gasteiger partial charge is 0.352 e. The van der Waals surface area contributed by atoms with Gasteiger partial charge in [-0.1, -0.05) is 77.5 Å². The van der Waals surface area contributed by atoms with Gasteiger partial charge in [0.25, 0.3) is 10.0 Å². The van der Waals surface area contributed by atoms with Crippen molar-refractivity contribution in [3.8, 4) is 0 Å². The number of benzene rings is 3. The number of nitrogens with zero attached hydrogens (tertiary/aromatic N) is 2. The van der Waals surface area contributed by atoms with Gasteiger partial charge in [0.15, 0.2) is 0 Å². The topological polar surface area (TPSA) is 86.8 Å². The monoisotopic (exact) mass is 649 g/mol. The number of hydrogen-bond acceptors (Lipinski definition) is 4. The summed E-state index contributed by atoms with van der Waals surface area (Å²) in [6.45, 7) is 4.54. The van der Waals surface area contributed by atoms with E-state index in [0.717, 1.165) is 35.6 Å². The lowest BCUT2D eigenvalue weighted by Crippen LogP contribution is -2.52. The zero-order valence-corrected chi connectivity index (χ0v) is 26.8. The van der Waals surface area contributed by atoms with Crippen molar-refractivity contribution in [1.29, 1.82) is 0 Å². The number of anilines is 1. The maximum Gasteiger partial charge on any atom is 0.264 e. The summed E-state index contributed by atoms with van der Waals surface area (Å²) in [6, 6.07) is 15.3. The van der Waals surface area contributed by atoms with Gasteiger partial charge in [-0.3, -0.25) is 13.9 Å². The standard InChI is InChI=1S/C31H34Cl3N3O4S/c1-20-11-15-25(16-12-20)42(40,41)37(29-17-23(32)14-13-21(29)2)19-30(38)36(18-26-27(33)9-6-10-28(26)34)22(3)31(39)35-24-7-4-5-8-24/h6,9-17,22,24H,4-5,7-8,18-19H2,1-3H3,(H,35,39)/t22-/m1/s1. The van der Waals surface area contributed by atoms with E-state index in [9.17, 15) is 18.0 Å². The summed E-state index contributed by atoms with van der Waals surface area (Å²) in [5.41, 5.74) is 2.22. The van der Waals surface area contributed by atoms with Crippen molar-refractivity contribution < 1.29 is 18.0 Å². The first-order valence-corrected chi connectivity index (χ1v) is 16.3. The highest BCUT2D eigenvalue weighted by molar-refractivity contribution is 7.92. The number of aryl methyl sites for hydroxylation is 2. The Morgan fingerprint density at radius 1 is 0.952 bits per heavy atom. The van der Waals surface area contributed by atoms with E-state index in [1.807, 2.05) is 6.92 Å². The second-order valence-electron chi connectivity index (χ2n) is 10.6. The molecule has 4 rings (SSSR count). The van der Waals surface area contributed by atoms with Gasteiger partial charge in [0.1, 0.15) is 12.6 Å². The van der Waals surface area contributed by atoms with E-state index in [0.29, 0.717) is 26.2 Å². The second kappa shape index (κ2) is 13.7. The molecule has 0 spiro atoms. The maximum atomic E-state index is 14.2. The number of hydrogen-bond donors (Lipinski definition) is 1. The molecular weight excluding hydrogens is 617 g/mol. The van der Waals surface area contributed by atoms with E-state index >= 15 is 0 Å². The van der Waals surface area contributed by atoms with Crippen LogP contribution < -0.4 is 9.62 Å². The zero-order valence-electron chi connectivity index (χ0n) is 23.7. The minimum absolute atomic E-state index is 0.0213. The van der Waals surface area contributed by atoms with E-state index in [-0.39, 0.29) is 29.1 Å². The summed E-state index contributed by atoms with van der Waals surface area (Å²) in [5, 5.41) is 4.02. The number of rotatable bonds is 10. The molecule has 0 aromatic heterocycles. The molecule has 0 unspecified atom stereocenters. The molecule has 7 nitrogen and oxygen atoms in total. The van der Waals surface area contributed by atoms with Crippen LogP contribution in [0.2, 0.25) is 15.1 Å².